The van der Waals surface area contributed by atoms with Crippen LogP contribution in [0.25, 0.3) is 0 Å². The largest absolute Gasteiger partial charge is 0.452 e. The third kappa shape index (κ3) is 8.58. The number of para-hydroxylation sites is 4. The number of ether oxygens (including phenoxy) is 2. The van der Waals surface area contributed by atoms with Gasteiger partial charge in [-0.1, -0.05) is 72.8 Å². The molecule has 1 aliphatic rings. The first-order valence-electron chi connectivity index (χ1n) is 15.7. The monoisotopic (exact) mass is 743 g/mol. The van der Waals surface area contributed by atoms with Crippen LogP contribution in [0.3, 0.4) is 0 Å². The topological polar surface area (TPSA) is 121 Å². The number of rotatable bonds is 12. The Bertz CT molecular complexity index is 2160. The highest BCUT2D eigenvalue weighted by atomic mass is 31.3. The molecule has 52 heavy (non-hydrogen) atoms. The van der Waals surface area contributed by atoms with Gasteiger partial charge < -0.3 is 28.2 Å². The van der Waals surface area contributed by atoms with Crippen molar-refractivity contribution in [1.82, 2.24) is 14.1 Å². The van der Waals surface area contributed by atoms with Gasteiger partial charge in [-0.05, 0) is 89.5 Å². The Morgan fingerprint density at radius 2 is 1.06 bits per heavy atom. The zero-order valence-electron chi connectivity index (χ0n) is 27.1. The fourth-order valence-electron chi connectivity index (χ4n) is 4.62. The fraction of sp³-hybridized carbons (Fsp3) is 0. The van der Waals surface area contributed by atoms with Crippen LogP contribution in [0.15, 0.2) is 158 Å². The Kier molecular flexibility index (Phi) is 11.3. The summed E-state index contributed by atoms with van der Waals surface area (Å²) >= 11 is 0. The summed E-state index contributed by atoms with van der Waals surface area (Å²) in [6.45, 7) is 0. The highest BCUT2D eigenvalue weighted by Gasteiger charge is 2.46. The molecule has 11 nitrogen and oxygen atoms in total. The molecule has 6 aromatic carbocycles. The van der Waals surface area contributed by atoms with Gasteiger partial charge in [-0.15, -0.1) is 0 Å². The van der Waals surface area contributed by atoms with Crippen LogP contribution in [-0.4, -0.2) is 9.21 Å². The molecule has 14 heteroatoms. The molecule has 3 unspecified atom stereocenters. The van der Waals surface area contributed by atoms with Crippen molar-refractivity contribution in [2.24, 2.45) is 0 Å². The number of nitrogens with zero attached hydrogens (tertiary/aromatic N) is 4. The Morgan fingerprint density at radius 1 is 0.519 bits per heavy atom. The van der Waals surface area contributed by atoms with Gasteiger partial charge in [0.2, 0.25) is 5.75 Å². The molecule has 0 aliphatic carbocycles. The van der Waals surface area contributed by atoms with E-state index >= 15 is 0 Å². The highest BCUT2D eigenvalue weighted by Crippen LogP contribution is 2.66. The molecular weight excluding hydrogens is 715 g/mol. The molecule has 0 spiro atoms. The number of nitriles is 2. The third-order valence-electron chi connectivity index (χ3n) is 7.04. The van der Waals surface area contributed by atoms with E-state index in [1.165, 1.54) is 0 Å². The predicted octanol–water partition coefficient (Wildman–Crippen LogP) is 10.6. The van der Waals surface area contributed by atoms with Crippen molar-refractivity contribution in [2.75, 3.05) is 0 Å². The van der Waals surface area contributed by atoms with Gasteiger partial charge in [0.25, 0.3) is 8.45 Å². The first-order chi connectivity index (χ1) is 25.7. The Hall–Kier alpha value is -5.73. The van der Waals surface area contributed by atoms with Gasteiger partial charge in [0.05, 0.1) is 26.1 Å². The van der Waals surface area contributed by atoms with Crippen LogP contribution in [0.5, 0.6) is 46.0 Å². The zero-order valence-corrected chi connectivity index (χ0v) is 29.9. The van der Waals surface area contributed by atoms with Gasteiger partial charge in [-0.2, -0.15) is 10.5 Å². The minimum atomic E-state index is -1.90. The second-order valence-corrected chi connectivity index (χ2v) is 15.3. The smallest absolute Gasteiger partial charge is 0.332 e. The summed E-state index contributed by atoms with van der Waals surface area (Å²) in [6, 6.07) is 51.3. The first-order valence-corrected chi connectivity index (χ1v) is 19.1. The van der Waals surface area contributed by atoms with E-state index in [0.717, 1.165) is 0 Å². The molecule has 1 aliphatic heterocycles. The summed E-state index contributed by atoms with van der Waals surface area (Å²) in [5.41, 5.74) is 0.725. The molecule has 3 atom stereocenters. The van der Waals surface area contributed by atoms with Crippen LogP contribution in [0, 0.1) is 22.7 Å². The van der Waals surface area contributed by atoms with Crippen molar-refractivity contribution in [3.05, 3.63) is 169 Å². The molecule has 1 fully saturated rings. The van der Waals surface area contributed by atoms with Gasteiger partial charge in [0, 0.05) is 4.60 Å². The van der Waals surface area contributed by atoms with E-state index in [1.807, 2.05) is 97.1 Å². The number of hydrogen-bond acceptors (Lipinski definition) is 11. The van der Waals surface area contributed by atoms with Gasteiger partial charge in [-0.25, -0.2) is 4.86 Å². The van der Waals surface area contributed by atoms with Gasteiger partial charge >= 0.3 is 8.45 Å². The van der Waals surface area contributed by atoms with Gasteiger partial charge in [0.1, 0.15) is 34.8 Å². The Morgan fingerprint density at radius 3 is 1.63 bits per heavy atom. The maximum absolute atomic E-state index is 10.2. The van der Waals surface area contributed by atoms with Crippen LogP contribution >= 0.6 is 25.8 Å². The minimum absolute atomic E-state index is 0.150. The van der Waals surface area contributed by atoms with Crippen LogP contribution in [0.4, 0.5) is 0 Å². The average molecular weight is 744 g/mol. The molecule has 1 N–H and O–H groups in total. The summed E-state index contributed by atoms with van der Waals surface area (Å²) in [4.78, 5) is 16.3. The van der Waals surface area contributed by atoms with E-state index in [0.29, 0.717) is 34.3 Å². The van der Waals surface area contributed by atoms with Crippen molar-refractivity contribution in [2.45, 2.75) is 0 Å². The lowest BCUT2D eigenvalue weighted by atomic mass is 10.2. The summed E-state index contributed by atoms with van der Waals surface area (Å²) in [6.07, 6.45) is 0. The Balaban J connectivity index is 1.30. The van der Waals surface area contributed by atoms with Gasteiger partial charge in [-0.3, -0.25) is 0 Å². The van der Waals surface area contributed by atoms with Crippen molar-refractivity contribution in [3.8, 4) is 58.1 Å². The predicted molar refractivity (Wildman–Crippen MR) is 200 cm³/mol. The lowest BCUT2D eigenvalue weighted by Crippen LogP contribution is -2.37. The van der Waals surface area contributed by atoms with Crippen molar-refractivity contribution in [3.63, 3.8) is 0 Å². The number of hydrogen-bond donors (Lipinski definition) is 1. The number of benzene rings is 6. The maximum atomic E-state index is 10.2. The zero-order chi connectivity index (χ0) is 35.5. The van der Waals surface area contributed by atoms with E-state index in [-0.39, 0.29) is 31.7 Å². The lowest BCUT2D eigenvalue weighted by Gasteiger charge is -2.41. The van der Waals surface area contributed by atoms with E-state index in [1.54, 1.807) is 69.9 Å². The van der Waals surface area contributed by atoms with Gasteiger partial charge in [0.15, 0.2) is 11.5 Å². The molecule has 0 aromatic heterocycles. The van der Waals surface area contributed by atoms with Crippen LogP contribution in [0.2, 0.25) is 0 Å². The molecule has 0 saturated carbocycles. The SMILES string of the molecule is N#Cc1ccc(ON2P(Oc3ccc(C#N)c(Oc4ccccc4)c3Oc3ccccc3)NPN(Oc3ccccc3)P2Oc2ccccc2)cc1. The summed E-state index contributed by atoms with van der Waals surface area (Å²) in [7, 11) is -3.93. The van der Waals surface area contributed by atoms with E-state index < -0.39 is 16.9 Å². The molecular formula is C38H28N5O6P3. The standard InChI is InChI=1S/C38H28N5O6P3/c39-27-29-21-24-34(25-22-29)47-43-51(41-50-42(46-33-17-9-3-10-18-33)52(43)48-35-19-11-4-12-20-35)49-36-26-23-30(28-40)37(44-31-13-5-1-6-14-31)38(36)45-32-15-7-2-8-16-32/h1-26,41,50H. The maximum Gasteiger partial charge on any atom is 0.332 e. The molecule has 6 aromatic rings. The van der Waals surface area contributed by atoms with Crippen molar-refractivity contribution < 1.29 is 28.2 Å². The molecule has 0 radical (unpaired) electrons. The number of nitrogens with one attached hydrogen (secondary N) is 1. The molecule has 0 bridgehead atoms. The normalized spacial score (nSPS) is 16.2. The van der Waals surface area contributed by atoms with E-state index in [4.69, 9.17) is 28.2 Å². The lowest BCUT2D eigenvalue weighted by molar-refractivity contribution is 0.0675. The van der Waals surface area contributed by atoms with Crippen LogP contribution in [-0.2, 0) is 0 Å². The molecule has 0 amide bonds. The summed E-state index contributed by atoms with van der Waals surface area (Å²) in [5, 5.41) is 19.6. The Labute approximate surface area is 304 Å². The second-order valence-electron chi connectivity index (χ2n) is 10.6. The highest BCUT2D eigenvalue weighted by molar-refractivity contribution is 7.74. The van der Waals surface area contributed by atoms with Crippen molar-refractivity contribution in [1.29, 1.82) is 10.5 Å². The fourth-order valence-corrected chi connectivity index (χ4v) is 10.2. The van der Waals surface area contributed by atoms with E-state index in [2.05, 4.69) is 17.0 Å². The quantitative estimate of drug-likeness (QED) is 0.121. The van der Waals surface area contributed by atoms with E-state index in [9.17, 15) is 10.5 Å². The second kappa shape index (κ2) is 17.0. The third-order valence-corrected chi connectivity index (χ3v) is 12.2. The summed E-state index contributed by atoms with van der Waals surface area (Å²) in [5.74, 6) is 3.27. The summed E-state index contributed by atoms with van der Waals surface area (Å²) < 4.78 is 29.4. The molecule has 256 valence electrons. The average Bonchev–Trinajstić information content (AvgIpc) is 3.20. The minimum Gasteiger partial charge on any atom is -0.452 e. The molecule has 1 heterocycles. The molecule has 7 rings (SSSR count). The molecule has 1 saturated heterocycles. The first kappa shape index (κ1) is 34.7. The van der Waals surface area contributed by atoms with Crippen LogP contribution in [0.1, 0.15) is 11.1 Å². The van der Waals surface area contributed by atoms with Crippen LogP contribution < -0.4 is 33.1 Å². The van der Waals surface area contributed by atoms with Crippen molar-refractivity contribution >= 4 is 25.8 Å².